The molecule has 1 aliphatic heterocycles. The number of hydrogen-bond acceptors (Lipinski definition) is 5. The second-order valence-electron chi connectivity index (χ2n) is 9.28. The lowest BCUT2D eigenvalue weighted by molar-refractivity contribution is -0.129. The highest BCUT2D eigenvalue weighted by Crippen LogP contribution is 2.32. The number of methoxy groups -OCH3 is 1. The summed E-state index contributed by atoms with van der Waals surface area (Å²) in [6.45, 7) is 7.64. The molecule has 0 radical (unpaired) electrons. The van der Waals surface area contributed by atoms with Crippen LogP contribution in [0.5, 0.6) is 5.75 Å². The van der Waals surface area contributed by atoms with Gasteiger partial charge in [-0.2, -0.15) is 0 Å². The maximum Gasteiger partial charge on any atom is 0.268 e. The Morgan fingerprint density at radius 2 is 1.68 bits per heavy atom. The van der Waals surface area contributed by atoms with E-state index in [1.807, 2.05) is 51.1 Å². The van der Waals surface area contributed by atoms with Crippen LogP contribution in [-0.4, -0.2) is 59.1 Å². The van der Waals surface area contributed by atoms with E-state index in [0.29, 0.717) is 36.9 Å². The minimum atomic E-state index is -4.11. The van der Waals surface area contributed by atoms with Crippen molar-refractivity contribution in [3.05, 3.63) is 82.4 Å². The second-order valence-corrected chi connectivity index (χ2v) is 11.5. The van der Waals surface area contributed by atoms with Gasteiger partial charge in [-0.15, -0.1) is 0 Å². The third-order valence-electron chi connectivity index (χ3n) is 6.75. The first kappa shape index (κ1) is 26.8. The van der Waals surface area contributed by atoms with E-state index in [9.17, 15) is 13.2 Å². The molecule has 1 aliphatic rings. The van der Waals surface area contributed by atoms with E-state index >= 15 is 0 Å². The lowest BCUT2D eigenvalue weighted by atomic mass is 10.1. The molecule has 4 rings (SSSR count). The molecule has 37 heavy (non-hydrogen) atoms. The summed E-state index contributed by atoms with van der Waals surface area (Å²) in [5, 5.41) is 0.664. The van der Waals surface area contributed by atoms with E-state index in [0.717, 1.165) is 22.4 Å². The average molecular weight is 542 g/mol. The fourth-order valence-corrected chi connectivity index (χ4v) is 6.24. The maximum absolute atomic E-state index is 14.0. The molecule has 3 aromatic rings. The highest BCUT2D eigenvalue weighted by molar-refractivity contribution is 7.93. The Bertz CT molecular complexity index is 1400. The van der Waals surface area contributed by atoms with Crippen molar-refractivity contribution in [2.24, 2.45) is 0 Å². The van der Waals surface area contributed by atoms with E-state index in [1.165, 1.54) is 11.4 Å². The average Bonchev–Trinajstić information content (AvgIpc) is 2.89. The van der Waals surface area contributed by atoms with Crippen LogP contribution in [0.1, 0.15) is 16.7 Å². The van der Waals surface area contributed by atoms with Crippen molar-refractivity contribution in [2.45, 2.75) is 25.7 Å². The van der Waals surface area contributed by atoms with E-state index in [4.69, 9.17) is 16.3 Å². The van der Waals surface area contributed by atoms with Gasteiger partial charge in [0.05, 0.1) is 12.8 Å². The molecule has 9 heteroatoms. The standard InChI is InChI=1S/C28H32ClN3O4S/c1-20-8-11-26(36-4)27(16-20)37(34,35)32(25-10-9-21(2)22(3)17-25)19-28(33)31-14-12-30(13-15-31)24-7-5-6-23(29)18-24/h5-11,16-18H,12-15,19H2,1-4H3. The quantitative estimate of drug-likeness (QED) is 0.429. The smallest absolute Gasteiger partial charge is 0.268 e. The molecule has 1 saturated heterocycles. The van der Waals surface area contributed by atoms with Gasteiger partial charge in [0.25, 0.3) is 10.0 Å². The second kappa shape index (κ2) is 11.0. The number of ether oxygens (including phenoxy) is 1. The summed E-state index contributed by atoms with van der Waals surface area (Å²) in [5.74, 6) is -0.0128. The molecule has 7 nitrogen and oxygen atoms in total. The number of carbonyl (C=O) groups excluding carboxylic acids is 1. The predicted molar refractivity (Wildman–Crippen MR) is 148 cm³/mol. The first-order valence-corrected chi connectivity index (χ1v) is 13.9. The van der Waals surface area contributed by atoms with Crippen molar-refractivity contribution in [1.82, 2.24) is 4.90 Å². The Morgan fingerprint density at radius 3 is 2.32 bits per heavy atom. The first-order chi connectivity index (χ1) is 17.6. The van der Waals surface area contributed by atoms with Gasteiger partial charge in [0.2, 0.25) is 5.91 Å². The summed E-state index contributed by atoms with van der Waals surface area (Å²) in [7, 11) is -2.67. The van der Waals surface area contributed by atoms with Crippen LogP contribution >= 0.6 is 11.6 Å². The summed E-state index contributed by atoms with van der Waals surface area (Å²) in [6.07, 6.45) is 0. The van der Waals surface area contributed by atoms with Crippen molar-refractivity contribution in [1.29, 1.82) is 0 Å². The van der Waals surface area contributed by atoms with Crippen LogP contribution in [0.4, 0.5) is 11.4 Å². The number of hydrogen-bond donors (Lipinski definition) is 0. The number of benzene rings is 3. The number of aryl methyl sites for hydroxylation is 3. The van der Waals surface area contributed by atoms with E-state index < -0.39 is 10.0 Å². The number of piperazine rings is 1. The number of sulfonamides is 1. The van der Waals surface area contributed by atoms with E-state index in [2.05, 4.69) is 4.90 Å². The summed E-state index contributed by atoms with van der Waals surface area (Å²) in [4.78, 5) is 17.4. The van der Waals surface area contributed by atoms with Gasteiger partial charge in [0.1, 0.15) is 17.2 Å². The largest absolute Gasteiger partial charge is 0.495 e. The van der Waals surface area contributed by atoms with Gasteiger partial charge in [0.15, 0.2) is 0 Å². The molecule has 0 spiro atoms. The van der Waals surface area contributed by atoms with Gasteiger partial charge >= 0.3 is 0 Å². The monoisotopic (exact) mass is 541 g/mol. The Labute approximate surface area is 224 Å². The number of anilines is 2. The van der Waals surface area contributed by atoms with Crippen LogP contribution in [0.25, 0.3) is 0 Å². The van der Waals surface area contributed by atoms with Crippen LogP contribution in [-0.2, 0) is 14.8 Å². The van der Waals surface area contributed by atoms with Crippen molar-refractivity contribution in [3.63, 3.8) is 0 Å². The van der Waals surface area contributed by atoms with Crippen LogP contribution in [0.3, 0.4) is 0 Å². The molecular weight excluding hydrogens is 510 g/mol. The molecule has 0 saturated carbocycles. The van der Waals surface area contributed by atoms with Crippen molar-refractivity contribution >= 4 is 38.9 Å². The molecule has 0 unspecified atom stereocenters. The van der Waals surface area contributed by atoms with Gasteiger partial charge < -0.3 is 14.5 Å². The molecule has 1 fully saturated rings. The van der Waals surface area contributed by atoms with Crippen molar-refractivity contribution in [3.8, 4) is 5.75 Å². The minimum Gasteiger partial charge on any atom is -0.495 e. The normalized spacial score (nSPS) is 14.0. The molecule has 0 bridgehead atoms. The Hall–Kier alpha value is -3.23. The molecule has 3 aromatic carbocycles. The van der Waals surface area contributed by atoms with Gasteiger partial charge in [-0.25, -0.2) is 8.42 Å². The number of rotatable bonds is 7. The third kappa shape index (κ3) is 5.86. The first-order valence-electron chi connectivity index (χ1n) is 12.1. The van der Waals surface area contributed by atoms with Gasteiger partial charge in [-0.3, -0.25) is 9.10 Å². The molecule has 0 aromatic heterocycles. The summed E-state index contributed by atoms with van der Waals surface area (Å²) in [6, 6.07) is 18.1. The van der Waals surface area contributed by atoms with Crippen LogP contribution in [0.2, 0.25) is 5.02 Å². The maximum atomic E-state index is 14.0. The fourth-order valence-electron chi connectivity index (χ4n) is 4.41. The Morgan fingerprint density at radius 1 is 0.946 bits per heavy atom. The molecule has 1 heterocycles. The lowest BCUT2D eigenvalue weighted by Crippen LogP contribution is -2.52. The topological polar surface area (TPSA) is 70.2 Å². The number of carbonyl (C=O) groups is 1. The Kier molecular flexibility index (Phi) is 7.99. The molecule has 0 atom stereocenters. The number of nitrogens with zero attached hydrogens (tertiary/aromatic N) is 3. The zero-order valence-corrected chi connectivity index (χ0v) is 23.1. The van der Waals surface area contributed by atoms with E-state index in [1.54, 1.807) is 35.2 Å². The lowest BCUT2D eigenvalue weighted by Gasteiger charge is -2.37. The van der Waals surface area contributed by atoms with Crippen molar-refractivity contribution < 1.29 is 17.9 Å². The van der Waals surface area contributed by atoms with Gasteiger partial charge in [-0.05, 0) is 79.9 Å². The summed E-state index contributed by atoms with van der Waals surface area (Å²) >= 11 is 6.14. The zero-order chi connectivity index (χ0) is 26.7. The number of amides is 1. The van der Waals surface area contributed by atoms with Gasteiger partial charge in [0, 0.05) is 36.9 Å². The highest BCUT2D eigenvalue weighted by Gasteiger charge is 2.32. The number of halogens is 1. The zero-order valence-electron chi connectivity index (χ0n) is 21.6. The minimum absolute atomic E-state index is 0.0341. The summed E-state index contributed by atoms with van der Waals surface area (Å²) < 4.78 is 34.6. The molecule has 0 aliphatic carbocycles. The molecular formula is C28H32ClN3O4S. The Balaban J connectivity index is 1.61. The molecule has 196 valence electrons. The van der Waals surface area contributed by atoms with Gasteiger partial charge in [-0.1, -0.05) is 29.8 Å². The predicted octanol–water partition coefficient (Wildman–Crippen LogP) is 4.82. The SMILES string of the molecule is COc1ccc(C)cc1S(=O)(=O)N(CC(=O)N1CCN(c2cccc(Cl)c2)CC1)c1ccc(C)c(C)c1. The van der Waals surface area contributed by atoms with Crippen LogP contribution in [0.15, 0.2) is 65.6 Å². The van der Waals surface area contributed by atoms with E-state index in [-0.39, 0.29) is 23.1 Å². The van der Waals surface area contributed by atoms with Crippen molar-refractivity contribution in [2.75, 3.05) is 49.0 Å². The molecule has 1 amide bonds. The van der Waals surface area contributed by atoms with Crippen LogP contribution in [0, 0.1) is 20.8 Å². The third-order valence-corrected chi connectivity index (χ3v) is 8.78. The molecule has 0 N–H and O–H groups in total. The highest BCUT2D eigenvalue weighted by atomic mass is 35.5. The van der Waals surface area contributed by atoms with Crippen LogP contribution < -0.4 is 13.9 Å². The summed E-state index contributed by atoms with van der Waals surface area (Å²) in [5.41, 5.74) is 4.21. The fraction of sp³-hybridized carbons (Fsp3) is 0.321.